The summed E-state index contributed by atoms with van der Waals surface area (Å²) in [6.07, 6.45) is 2.77. The van der Waals surface area contributed by atoms with E-state index in [-0.39, 0.29) is 17.9 Å². The lowest BCUT2D eigenvalue weighted by Gasteiger charge is -2.25. The zero-order valence-electron chi connectivity index (χ0n) is 14.1. The van der Waals surface area contributed by atoms with Gasteiger partial charge < -0.3 is 5.32 Å². The number of hydrogen-bond donors (Lipinski definition) is 1. The van der Waals surface area contributed by atoms with E-state index in [1.807, 2.05) is 12.1 Å². The van der Waals surface area contributed by atoms with Crippen molar-refractivity contribution in [2.24, 2.45) is 0 Å². The van der Waals surface area contributed by atoms with Crippen LogP contribution in [-0.2, 0) is 24.7 Å². The van der Waals surface area contributed by atoms with Crippen LogP contribution in [0.25, 0.3) is 10.9 Å². The average Bonchev–Trinajstić information content (AvgIpc) is 2.91. The van der Waals surface area contributed by atoms with Gasteiger partial charge in [0.05, 0.1) is 35.5 Å². The second-order valence-corrected chi connectivity index (χ2v) is 10.5. The largest absolute Gasteiger partial charge is 0.323 e. The Balaban J connectivity index is 1.80. The topological polar surface area (TPSA) is 114 Å². The Labute approximate surface area is 152 Å². The molecule has 1 unspecified atom stereocenters. The number of rotatable bonds is 5. The van der Waals surface area contributed by atoms with Crippen LogP contribution in [-0.4, -0.2) is 62.4 Å². The van der Waals surface area contributed by atoms with E-state index in [0.29, 0.717) is 11.2 Å². The number of nitrogens with zero attached hydrogens (tertiary/aromatic N) is 2. The van der Waals surface area contributed by atoms with Crippen molar-refractivity contribution in [3.63, 3.8) is 0 Å². The number of amides is 1. The molecule has 1 N–H and O–H groups in total. The average molecular weight is 397 g/mol. The van der Waals surface area contributed by atoms with Gasteiger partial charge in [0, 0.05) is 17.6 Å². The summed E-state index contributed by atoms with van der Waals surface area (Å²) < 4.78 is 48.4. The number of hydrogen-bond acceptors (Lipinski definition) is 6. The van der Waals surface area contributed by atoms with Crippen molar-refractivity contribution >= 4 is 42.4 Å². The molecule has 1 aromatic heterocycles. The first-order valence-corrected chi connectivity index (χ1v) is 11.6. The van der Waals surface area contributed by atoms with Crippen LogP contribution >= 0.6 is 0 Å². The van der Waals surface area contributed by atoms with Gasteiger partial charge in [0.1, 0.15) is 0 Å². The molecule has 0 aliphatic carbocycles. The third kappa shape index (κ3) is 4.19. The van der Waals surface area contributed by atoms with Gasteiger partial charge in [0.15, 0.2) is 9.84 Å². The standard InChI is InChI=1S/C16H19N3O5S2/c1-25(21,22)19(13-7-9-26(23,24)11-13)10-15(20)18-14-6-2-4-12-5-3-8-17-16(12)14/h2-6,8,13H,7,9-11H2,1H3,(H,18,20). The van der Waals surface area contributed by atoms with Crippen LogP contribution in [0.2, 0.25) is 0 Å². The summed E-state index contributed by atoms with van der Waals surface area (Å²) in [5.41, 5.74) is 1.07. The number of sulfonamides is 1. The van der Waals surface area contributed by atoms with Crippen molar-refractivity contribution < 1.29 is 21.6 Å². The molecule has 3 rings (SSSR count). The lowest BCUT2D eigenvalue weighted by molar-refractivity contribution is -0.116. The summed E-state index contributed by atoms with van der Waals surface area (Å²) in [7, 11) is -7.01. The Morgan fingerprint density at radius 2 is 2.04 bits per heavy atom. The van der Waals surface area contributed by atoms with E-state index < -0.39 is 38.4 Å². The second-order valence-electron chi connectivity index (χ2n) is 6.29. The maximum atomic E-state index is 12.4. The van der Waals surface area contributed by atoms with Gasteiger partial charge in [-0.15, -0.1) is 0 Å². The summed E-state index contributed by atoms with van der Waals surface area (Å²) in [6.45, 7) is -0.442. The van der Waals surface area contributed by atoms with Gasteiger partial charge in [0.2, 0.25) is 15.9 Å². The Bertz CT molecular complexity index is 1050. The number of carbonyl (C=O) groups excluding carboxylic acids is 1. The minimum Gasteiger partial charge on any atom is -0.323 e. The maximum Gasteiger partial charge on any atom is 0.239 e. The van der Waals surface area contributed by atoms with Crippen LogP contribution < -0.4 is 5.32 Å². The molecule has 1 atom stereocenters. The SMILES string of the molecule is CS(=O)(=O)N(CC(=O)Nc1cccc2cccnc12)C1CCS(=O)(=O)C1. The van der Waals surface area contributed by atoms with Crippen LogP contribution in [0.15, 0.2) is 36.5 Å². The molecule has 0 radical (unpaired) electrons. The van der Waals surface area contributed by atoms with E-state index in [0.717, 1.165) is 15.9 Å². The summed E-state index contributed by atoms with van der Waals surface area (Å²) in [4.78, 5) is 16.7. The van der Waals surface area contributed by atoms with E-state index in [1.165, 1.54) is 0 Å². The lowest BCUT2D eigenvalue weighted by atomic mass is 10.2. The highest BCUT2D eigenvalue weighted by Gasteiger charge is 2.37. The molecule has 0 saturated carbocycles. The maximum absolute atomic E-state index is 12.4. The normalized spacial score (nSPS) is 19.7. The molecular formula is C16H19N3O5S2. The van der Waals surface area contributed by atoms with Crippen molar-refractivity contribution in [1.82, 2.24) is 9.29 Å². The van der Waals surface area contributed by atoms with Crippen molar-refractivity contribution in [1.29, 1.82) is 0 Å². The molecule has 2 aromatic rings. The number of aromatic nitrogens is 1. The summed E-state index contributed by atoms with van der Waals surface area (Å²) in [5.74, 6) is -0.875. The highest BCUT2D eigenvalue weighted by molar-refractivity contribution is 7.92. The third-order valence-electron chi connectivity index (χ3n) is 4.25. The molecule has 140 valence electrons. The zero-order valence-corrected chi connectivity index (χ0v) is 15.8. The molecular weight excluding hydrogens is 378 g/mol. The number of anilines is 1. The minimum atomic E-state index is -3.74. The number of nitrogens with one attached hydrogen (secondary N) is 1. The van der Waals surface area contributed by atoms with E-state index in [1.54, 1.807) is 24.4 Å². The fourth-order valence-electron chi connectivity index (χ4n) is 3.06. The first kappa shape index (κ1) is 18.7. The first-order chi connectivity index (χ1) is 12.2. The first-order valence-electron chi connectivity index (χ1n) is 7.96. The lowest BCUT2D eigenvalue weighted by Crippen LogP contribution is -2.44. The molecule has 0 bridgehead atoms. The number of pyridine rings is 1. The number of carbonyl (C=O) groups is 1. The van der Waals surface area contributed by atoms with Gasteiger partial charge in [-0.05, 0) is 18.6 Å². The van der Waals surface area contributed by atoms with Gasteiger partial charge in [0.25, 0.3) is 0 Å². The van der Waals surface area contributed by atoms with E-state index >= 15 is 0 Å². The van der Waals surface area contributed by atoms with E-state index in [9.17, 15) is 21.6 Å². The summed E-state index contributed by atoms with van der Waals surface area (Å²) >= 11 is 0. The van der Waals surface area contributed by atoms with E-state index in [2.05, 4.69) is 10.3 Å². The summed E-state index contributed by atoms with van der Waals surface area (Å²) in [5, 5.41) is 3.51. The fourth-order valence-corrected chi connectivity index (χ4v) is 5.95. The fraction of sp³-hybridized carbons (Fsp3) is 0.375. The highest BCUT2D eigenvalue weighted by atomic mass is 32.2. The Morgan fingerprint density at radius 1 is 1.31 bits per heavy atom. The van der Waals surface area contributed by atoms with Crippen LogP contribution in [0.3, 0.4) is 0 Å². The van der Waals surface area contributed by atoms with Gasteiger partial charge in [-0.2, -0.15) is 4.31 Å². The van der Waals surface area contributed by atoms with Gasteiger partial charge in [-0.1, -0.05) is 18.2 Å². The number of sulfone groups is 1. The molecule has 10 heteroatoms. The summed E-state index contributed by atoms with van der Waals surface area (Å²) in [6, 6.07) is 8.20. The molecule has 1 fully saturated rings. The molecule has 1 amide bonds. The predicted molar refractivity (Wildman–Crippen MR) is 99.0 cm³/mol. The van der Waals surface area contributed by atoms with Crippen LogP contribution in [0.4, 0.5) is 5.69 Å². The predicted octanol–water partition coefficient (Wildman–Crippen LogP) is 0.622. The number of fused-ring (bicyclic) bond motifs is 1. The Kier molecular flexibility index (Phi) is 5.00. The molecule has 1 saturated heterocycles. The molecule has 8 nitrogen and oxygen atoms in total. The Hall–Kier alpha value is -2.04. The van der Waals surface area contributed by atoms with E-state index in [4.69, 9.17) is 0 Å². The number of benzene rings is 1. The smallest absolute Gasteiger partial charge is 0.239 e. The van der Waals surface area contributed by atoms with Crippen LogP contribution in [0, 0.1) is 0 Å². The minimum absolute atomic E-state index is 0.0709. The van der Waals surface area contributed by atoms with Crippen LogP contribution in [0.5, 0.6) is 0 Å². The van der Waals surface area contributed by atoms with Gasteiger partial charge in [-0.25, -0.2) is 16.8 Å². The Morgan fingerprint density at radius 3 is 2.69 bits per heavy atom. The van der Waals surface area contributed by atoms with Crippen molar-refractivity contribution in [2.45, 2.75) is 12.5 Å². The molecule has 1 aromatic carbocycles. The van der Waals surface area contributed by atoms with Gasteiger partial charge >= 0.3 is 0 Å². The molecule has 2 heterocycles. The van der Waals surface area contributed by atoms with Gasteiger partial charge in [-0.3, -0.25) is 9.78 Å². The molecule has 1 aliphatic rings. The van der Waals surface area contributed by atoms with Crippen LogP contribution in [0.1, 0.15) is 6.42 Å². The van der Waals surface area contributed by atoms with Crippen molar-refractivity contribution in [3.8, 4) is 0 Å². The zero-order chi connectivity index (χ0) is 18.9. The third-order valence-corrected chi connectivity index (χ3v) is 7.28. The molecule has 26 heavy (non-hydrogen) atoms. The quantitative estimate of drug-likeness (QED) is 0.791. The van der Waals surface area contributed by atoms with Crippen molar-refractivity contribution in [2.75, 3.05) is 29.6 Å². The highest BCUT2D eigenvalue weighted by Crippen LogP contribution is 2.22. The molecule has 0 spiro atoms. The monoisotopic (exact) mass is 397 g/mol. The van der Waals surface area contributed by atoms with Crippen molar-refractivity contribution in [3.05, 3.63) is 36.5 Å². The number of para-hydroxylation sites is 1. The molecule has 1 aliphatic heterocycles. The second kappa shape index (κ2) is 6.93.